The molecule has 0 aliphatic carbocycles. The van der Waals surface area contributed by atoms with Gasteiger partial charge in [-0.2, -0.15) is 0 Å². The molecule has 0 unspecified atom stereocenters. The highest BCUT2D eigenvalue weighted by Crippen LogP contribution is 2.38. The lowest BCUT2D eigenvalue weighted by Gasteiger charge is -2.16. The van der Waals surface area contributed by atoms with E-state index in [1.165, 1.54) is 0 Å². The topological polar surface area (TPSA) is 73.3 Å². The first-order chi connectivity index (χ1) is 13.6. The summed E-state index contributed by atoms with van der Waals surface area (Å²) < 4.78 is 21.5. The van der Waals surface area contributed by atoms with E-state index in [2.05, 4.69) is 15.6 Å². The van der Waals surface area contributed by atoms with Crippen molar-refractivity contribution in [1.29, 1.82) is 0 Å². The fourth-order valence-corrected chi connectivity index (χ4v) is 2.85. The molecule has 0 aromatic heterocycles. The minimum absolute atomic E-state index is 0.522. The highest BCUT2D eigenvalue weighted by atomic mass is 35.5. The van der Waals surface area contributed by atoms with Crippen LogP contribution in [0.15, 0.2) is 35.3 Å². The Bertz CT molecular complexity index is 802. The third-order valence-corrected chi connectivity index (χ3v) is 4.34. The lowest BCUT2D eigenvalue weighted by atomic mass is 10.1. The summed E-state index contributed by atoms with van der Waals surface area (Å²) in [5, 5.41) is 7.15. The molecule has 0 saturated heterocycles. The van der Waals surface area contributed by atoms with Crippen LogP contribution in [0.25, 0.3) is 0 Å². The molecule has 2 aromatic rings. The molecule has 2 aromatic carbocycles. The Morgan fingerprint density at radius 2 is 1.46 bits per heavy atom. The molecule has 0 aliphatic heterocycles. The van der Waals surface area contributed by atoms with Gasteiger partial charge in [0.1, 0.15) is 5.75 Å². The number of aliphatic imine (C=N–C) groups is 1. The molecule has 8 heteroatoms. The van der Waals surface area contributed by atoms with Crippen molar-refractivity contribution in [1.82, 2.24) is 10.6 Å². The van der Waals surface area contributed by atoms with Crippen molar-refractivity contribution in [3.8, 4) is 23.0 Å². The third-order valence-electron chi connectivity index (χ3n) is 4.10. The summed E-state index contributed by atoms with van der Waals surface area (Å²) >= 11 is 6.01. The molecule has 7 nitrogen and oxygen atoms in total. The molecule has 0 bridgehead atoms. The fourth-order valence-electron chi connectivity index (χ4n) is 2.69. The maximum Gasteiger partial charge on any atom is 0.203 e. The van der Waals surface area contributed by atoms with Crippen molar-refractivity contribution >= 4 is 17.6 Å². The number of hydrogen-bond donors (Lipinski definition) is 2. The number of guanidine groups is 1. The molecule has 2 N–H and O–H groups in total. The van der Waals surface area contributed by atoms with Gasteiger partial charge < -0.3 is 29.6 Å². The van der Waals surface area contributed by atoms with Crippen LogP contribution in [0, 0.1) is 0 Å². The molecule has 0 aliphatic rings. The van der Waals surface area contributed by atoms with E-state index in [4.69, 9.17) is 30.5 Å². The number of nitrogens with one attached hydrogen (secondary N) is 2. The average Bonchev–Trinajstić information content (AvgIpc) is 2.73. The summed E-state index contributed by atoms with van der Waals surface area (Å²) in [6.45, 7) is 1.06. The van der Waals surface area contributed by atoms with Crippen molar-refractivity contribution in [3.05, 3.63) is 46.5 Å². The van der Waals surface area contributed by atoms with Gasteiger partial charge in [-0.15, -0.1) is 0 Å². The second-order valence-electron chi connectivity index (χ2n) is 5.77. The van der Waals surface area contributed by atoms with Crippen molar-refractivity contribution in [2.24, 2.45) is 4.99 Å². The number of rotatable bonds is 8. The highest BCUT2D eigenvalue weighted by Gasteiger charge is 2.13. The van der Waals surface area contributed by atoms with Gasteiger partial charge in [0.05, 0.1) is 28.4 Å². The Balaban J connectivity index is 2.05. The summed E-state index contributed by atoms with van der Waals surface area (Å²) in [7, 11) is 8.09. The molecule has 0 saturated carbocycles. The number of hydrogen-bond acceptors (Lipinski definition) is 5. The first-order valence-corrected chi connectivity index (χ1v) is 8.99. The van der Waals surface area contributed by atoms with E-state index in [-0.39, 0.29) is 0 Å². The van der Waals surface area contributed by atoms with E-state index in [0.29, 0.717) is 41.3 Å². The van der Waals surface area contributed by atoms with E-state index >= 15 is 0 Å². The lowest BCUT2D eigenvalue weighted by Crippen LogP contribution is -2.36. The fraction of sp³-hybridized carbons (Fsp3) is 0.350. The molecule has 28 heavy (non-hydrogen) atoms. The summed E-state index contributed by atoms with van der Waals surface area (Å²) in [6.07, 6.45) is 0. The van der Waals surface area contributed by atoms with E-state index in [1.807, 2.05) is 24.3 Å². The van der Waals surface area contributed by atoms with Crippen LogP contribution in [0.2, 0.25) is 5.02 Å². The van der Waals surface area contributed by atoms with Crippen molar-refractivity contribution in [3.63, 3.8) is 0 Å². The zero-order chi connectivity index (χ0) is 20.5. The predicted octanol–water partition coefficient (Wildman–Crippen LogP) is 3.24. The zero-order valence-electron chi connectivity index (χ0n) is 16.8. The number of halogens is 1. The highest BCUT2D eigenvalue weighted by molar-refractivity contribution is 6.30. The van der Waals surface area contributed by atoms with Gasteiger partial charge in [0.15, 0.2) is 17.5 Å². The SMILES string of the molecule is CN=C(NCc1cc(OC)c(OC)c(OC)c1)NCc1ccc(Cl)cc1OC. The summed E-state index contributed by atoms with van der Waals surface area (Å²) in [6, 6.07) is 9.31. The molecule has 2 rings (SSSR count). The monoisotopic (exact) mass is 407 g/mol. The number of nitrogens with zero attached hydrogens (tertiary/aromatic N) is 1. The predicted molar refractivity (Wildman–Crippen MR) is 111 cm³/mol. The van der Waals surface area contributed by atoms with E-state index in [1.54, 1.807) is 41.6 Å². The van der Waals surface area contributed by atoms with Gasteiger partial charge >= 0.3 is 0 Å². The summed E-state index contributed by atoms with van der Waals surface area (Å²) in [5.41, 5.74) is 1.93. The number of benzene rings is 2. The van der Waals surface area contributed by atoms with Crippen LogP contribution >= 0.6 is 11.6 Å². The molecule has 152 valence electrons. The smallest absolute Gasteiger partial charge is 0.203 e. The Morgan fingerprint density at radius 1 is 0.857 bits per heavy atom. The van der Waals surface area contributed by atoms with Gasteiger partial charge in [0.2, 0.25) is 5.75 Å². The van der Waals surface area contributed by atoms with E-state index < -0.39 is 0 Å². The van der Waals surface area contributed by atoms with Gasteiger partial charge in [0.25, 0.3) is 0 Å². The second-order valence-corrected chi connectivity index (χ2v) is 6.21. The largest absolute Gasteiger partial charge is 0.496 e. The normalized spacial score (nSPS) is 11.0. The average molecular weight is 408 g/mol. The van der Waals surface area contributed by atoms with Gasteiger partial charge in [-0.3, -0.25) is 4.99 Å². The van der Waals surface area contributed by atoms with Crippen LogP contribution in [0.5, 0.6) is 23.0 Å². The lowest BCUT2D eigenvalue weighted by molar-refractivity contribution is 0.323. The van der Waals surface area contributed by atoms with Crippen LogP contribution < -0.4 is 29.6 Å². The first kappa shape index (κ1) is 21.5. The van der Waals surface area contributed by atoms with Crippen LogP contribution in [0.1, 0.15) is 11.1 Å². The van der Waals surface area contributed by atoms with Gasteiger partial charge in [0, 0.05) is 30.7 Å². The molecule has 0 atom stereocenters. The first-order valence-electron chi connectivity index (χ1n) is 8.62. The molecule has 0 radical (unpaired) electrons. The quantitative estimate of drug-likeness (QED) is 0.517. The van der Waals surface area contributed by atoms with Crippen LogP contribution in [0.4, 0.5) is 0 Å². The van der Waals surface area contributed by atoms with Crippen molar-refractivity contribution < 1.29 is 18.9 Å². The van der Waals surface area contributed by atoms with E-state index in [9.17, 15) is 0 Å². The minimum atomic E-state index is 0.522. The molecular weight excluding hydrogens is 382 g/mol. The molecular formula is C20H26ClN3O4. The van der Waals surface area contributed by atoms with Crippen LogP contribution in [0.3, 0.4) is 0 Å². The third kappa shape index (κ3) is 5.36. The standard InChI is InChI=1S/C20H26ClN3O4/c1-22-20(24-12-14-6-7-15(21)10-16(14)25-2)23-11-13-8-17(26-3)19(28-5)18(9-13)27-4/h6-10H,11-12H2,1-5H3,(H2,22,23,24). The van der Waals surface area contributed by atoms with Crippen LogP contribution in [-0.2, 0) is 13.1 Å². The number of methoxy groups -OCH3 is 4. The summed E-state index contributed by atoms with van der Waals surface area (Å²) in [4.78, 5) is 4.25. The maximum absolute atomic E-state index is 6.01. The number of ether oxygens (including phenoxy) is 4. The van der Waals surface area contributed by atoms with Gasteiger partial charge in [-0.05, 0) is 29.8 Å². The molecule has 0 fully saturated rings. The van der Waals surface area contributed by atoms with E-state index in [0.717, 1.165) is 16.9 Å². The minimum Gasteiger partial charge on any atom is -0.496 e. The van der Waals surface area contributed by atoms with Gasteiger partial charge in [-0.1, -0.05) is 17.7 Å². The Labute approximate surface area is 170 Å². The summed E-state index contributed by atoms with van der Waals surface area (Å²) in [5.74, 6) is 3.14. The van der Waals surface area contributed by atoms with Crippen molar-refractivity contribution in [2.75, 3.05) is 35.5 Å². The Morgan fingerprint density at radius 3 is 2.00 bits per heavy atom. The molecule has 0 spiro atoms. The van der Waals surface area contributed by atoms with Crippen molar-refractivity contribution in [2.45, 2.75) is 13.1 Å². The molecule has 0 amide bonds. The zero-order valence-corrected chi connectivity index (χ0v) is 17.5. The van der Waals surface area contributed by atoms with Crippen LogP contribution in [-0.4, -0.2) is 41.4 Å². The maximum atomic E-state index is 6.01. The molecule has 0 heterocycles. The van der Waals surface area contributed by atoms with Gasteiger partial charge in [-0.25, -0.2) is 0 Å². The second kappa shape index (κ2) is 10.5. The Kier molecular flexibility index (Phi) is 8.07. The Hall–Kier alpha value is -2.80.